The molecule has 0 aromatic rings. The van der Waals surface area contributed by atoms with E-state index in [9.17, 15) is 0 Å². The number of hydrogen-bond donors (Lipinski definition) is 1. The Hall–Kier alpha value is 0.0700. The molecule has 0 saturated heterocycles. The quantitative estimate of drug-likeness (QED) is 0.666. The molecule has 0 radical (unpaired) electrons. The molecule has 1 N–H and O–H groups in total. The molecule has 56 valence electrons. The van der Waals surface area contributed by atoms with Gasteiger partial charge >= 0.3 is 0 Å². The molecule has 2 unspecified atom stereocenters. The van der Waals surface area contributed by atoms with Crippen LogP contribution in [0.25, 0.3) is 0 Å². The summed E-state index contributed by atoms with van der Waals surface area (Å²) in [6.07, 6.45) is 1.00. The summed E-state index contributed by atoms with van der Waals surface area (Å²) in [6, 6.07) is 0. The Morgan fingerprint density at radius 2 is 2.33 bits per heavy atom. The Morgan fingerprint density at radius 3 is 2.67 bits per heavy atom. The second kappa shape index (κ2) is 4.90. The van der Waals surface area contributed by atoms with E-state index in [1.54, 1.807) is 0 Å². The SMILES string of the molecule is CCC(C)OS(O)=NC. The van der Waals surface area contributed by atoms with Crippen molar-refractivity contribution in [2.75, 3.05) is 7.05 Å². The van der Waals surface area contributed by atoms with Crippen LogP contribution in [-0.4, -0.2) is 17.7 Å². The van der Waals surface area contributed by atoms with E-state index < -0.39 is 11.3 Å². The van der Waals surface area contributed by atoms with E-state index in [0.29, 0.717) is 0 Å². The Bertz CT molecular complexity index is 105. The Kier molecular flexibility index (Phi) is 4.94. The molecule has 0 fully saturated rings. The molecule has 0 bridgehead atoms. The molecule has 0 aromatic carbocycles. The van der Waals surface area contributed by atoms with Crippen LogP contribution < -0.4 is 0 Å². The lowest BCUT2D eigenvalue weighted by atomic mass is 10.3. The average Bonchev–Trinajstić information content (AvgIpc) is 1.87. The van der Waals surface area contributed by atoms with E-state index >= 15 is 0 Å². The molecule has 0 amide bonds. The lowest BCUT2D eigenvalue weighted by Gasteiger charge is -2.06. The topological polar surface area (TPSA) is 41.8 Å². The molecular weight excluding hydrogens is 138 g/mol. The van der Waals surface area contributed by atoms with Crippen LogP contribution >= 0.6 is 0 Å². The maximum atomic E-state index is 8.80. The summed E-state index contributed by atoms with van der Waals surface area (Å²) in [6.45, 7) is 3.90. The van der Waals surface area contributed by atoms with E-state index in [1.807, 2.05) is 13.8 Å². The highest BCUT2D eigenvalue weighted by Gasteiger charge is 1.98. The second-order valence-electron chi connectivity index (χ2n) is 1.73. The zero-order chi connectivity index (χ0) is 7.28. The van der Waals surface area contributed by atoms with Crippen LogP contribution in [0.3, 0.4) is 0 Å². The lowest BCUT2D eigenvalue weighted by Crippen LogP contribution is -2.07. The minimum atomic E-state index is -1.18. The standard InChI is InChI=1S/C5H13NO2S/c1-4-5(2)8-9(7)6-3/h5H,4H2,1-3H3,(H,6,7). The third kappa shape index (κ3) is 4.57. The van der Waals surface area contributed by atoms with E-state index in [-0.39, 0.29) is 6.10 Å². The average molecular weight is 151 g/mol. The van der Waals surface area contributed by atoms with E-state index in [2.05, 4.69) is 4.36 Å². The Balaban J connectivity index is 3.47. The highest BCUT2D eigenvalue weighted by Crippen LogP contribution is 1.98. The van der Waals surface area contributed by atoms with Gasteiger partial charge in [0.25, 0.3) is 0 Å². The van der Waals surface area contributed by atoms with Crippen LogP contribution in [-0.2, 0) is 15.4 Å². The molecule has 0 spiro atoms. The van der Waals surface area contributed by atoms with Gasteiger partial charge in [0, 0.05) is 7.05 Å². The molecule has 0 heterocycles. The summed E-state index contributed by atoms with van der Waals surface area (Å²) in [5.74, 6) is 0. The van der Waals surface area contributed by atoms with Gasteiger partial charge in [-0.05, 0) is 13.3 Å². The fourth-order valence-electron chi connectivity index (χ4n) is 0.258. The van der Waals surface area contributed by atoms with Crippen LogP contribution in [0, 0.1) is 0 Å². The first-order valence-corrected chi connectivity index (χ1v) is 3.97. The minimum Gasteiger partial charge on any atom is -0.300 e. The molecule has 2 atom stereocenters. The predicted molar refractivity (Wildman–Crippen MR) is 39.2 cm³/mol. The maximum absolute atomic E-state index is 8.80. The van der Waals surface area contributed by atoms with E-state index in [4.69, 9.17) is 8.74 Å². The normalized spacial score (nSPS) is 17.8. The fourth-order valence-corrected chi connectivity index (χ4v) is 0.774. The van der Waals surface area contributed by atoms with Crippen molar-refractivity contribution in [3.05, 3.63) is 0 Å². The van der Waals surface area contributed by atoms with Gasteiger partial charge in [0.05, 0.1) is 6.10 Å². The van der Waals surface area contributed by atoms with Crippen LogP contribution in [0.4, 0.5) is 0 Å². The molecule has 9 heavy (non-hydrogen) atoms. The monoisotopic (exact) mass is 151 g/mol. The summed E-state index contributed by atoms with van der Waals surface area (Å²) in [4.78, 5) is 0. The molecule has 3 nitrogen and oxygen atoms in total. The first-order valence-electron chi connectivity index (χ1n) is 2.91. The predicted octanol–water partition coefficient (Wildman–Crippen LogP) is 1.62. The largest absolute Gasteiger partial charge is 0.300 e. The number of hydrogen-bond acceptors (Lipinski definition) is 2. The summed E-state index contributed by atoms with van der Waals surface area (Å²) in [7, 11) is 1.53. The van der Waals surface area contributed by atoms with Crippen molar-refractivity contribution in [2.45, 2.75) is 26.4 Å². The third-order valence-electron chi connectivity index (χ3n) is 0.981. The van der Waals surface area contributed by atoms with Gasteiger partial charge < -0.3 is 4.55 Å². The summed E-state index contributed by atoms with van der Waals surface area (Å²) in [5, 5.41) is 0. The minimum absolute atomic E-state index is 0.0991. The van der Waals surface area contributed by atoms with Crippen molar-refractivity contribution in [3.63, 3.8) is 0 Å². The zero-order valence-corrected chi connectivity index (χ0v) is 6.81. The van der Waals surface area contributed by atoms with E-state index in [1.165, 1.54) is 7.05 Å². The first kappa shape index (κ1) is 9.07. The van der Waals surface area contributed by atoms with Gasteiger partial charge in [-0.25, -0.2) is 4.36 Å². The highest BCUT2D eigenvalue weighted by atomic mass is 32.2. The van der Waals surface area contributed by atoms with Gasteiger partial charge in [-0.15, -0.1) is 0 Å². The second-order valence-corrected chi connectivity index (χ2v) is 2.75. The molecule has 0 saturated carbocycles. The van der Waals surface area contributed by atoms with Crippen LogP contribution in [0.5, 0.6) is 0 Å². The third-order valence-corrected chi connectivity index (χ3v) is 1.79. The molecular formula is C5H13NO2S. The van der Waals surface area contributed by atoms with Crippen LogP contribution in [0.15, 0.2) is 4.36 Å². The fraction of sp³-hybridized carbons (Fsp3) is 1.00. The lowest BCUT2D eigenvalue weighted by molar-refractivity contribution is 0.232. The molecule has 0 aliphatic heterocycles. The highest BCUT2D eigenvalue weighted by molar-refractivity contribution is 7.76. The van der Waals surface area contributed by atoms with Gasteiger partial charge in [-0.3, -0.25) is 4.18 Å². The van der Waals surface area contributed by atoms with Gasteiger partial charge in [0.2, 0.25) is 0 Å². The first-order chi connectivity index (χ1) is 4.20. The molecule has 4 heteroatoms. The summed E-state index contributed by atoms with van der Waals surface area (Å²) in [5.41, 5.74) is 0. The molecule has 0 aliphatic carbocycles. The number of rotatable bonds is 3. The molecule has 0 aromatic heterocycles. The van der Waals surface area contributed by atoms with Gasteiger partial charge in [-0.1, -0.05) is 6.92 Å². The Morgan fingerprint density at radius 1 is 1.78 bits per heavy atom. The molecule has 0 aliphatic rings. The summed E-state index contributed by atoms with van der Waals surface area (Å²) < 4.78 is 17.3. The van der Waals surface area contributed by atoms with Crippen LogP contribution in [0.2, 0.25) is 0 Å². The molecule has 0 rings (SSSR count). The smallest absolute Gasteiger partial charge is 0.173 e. The van der Waals surface area contributed by atoms with Crippen LogP contribution in [0.1, 0.15) is 20.3 Å². The van der Waals surface area contributed by atoms with Crippen molar-refractivity contribution < 1.29 is 8.74 Å². The van der Waals surface area contributed by atoms with Crippen molar-refractivity contribution in [2.24, 2.45) is 4.36 Å². The van der Waals surface area contributed by atoms with Gasteiger partial charge in [-0.2, -0.15) is 0 Å². The van der Waals surface area contributed by atoms with Gasteiger partial charge in [0.15, 0.2) is 11.3 Å². The van der Waals surface area contributed by atoms with Crippen molar-refractivity contribution in [1.82, 2.24) is 0 Å². The Labute approximate surface area is 58.6 Å². The zero-order valence-electron chi connectivity index (χ0n) is 6.00. The van der Waals surface area contributed by atoms with Crippen molar-refractivity contribution in [1.29, 1.82) is 0 Å². The van der Waals surface area contributed by atoms with Gasteiger partial charge in [0.1, 0.15) is 0 Å². The van der Waals surface area contributed by atoms with E-state index in [0.717, 1.165) is 6.42 Å². The summed E-state index contributed by atoms with van der Waals surface area (Å²) >= 11 is -1.18. The van der Waals surface area contributed by atoms with Crippen molar-refractivity contribution in [3.8, 4) is 0 Å². The maximum Gasteiger partial charge on any atom is 0.173 e. The van der Waals surface area contributed by atoms with Crippen molar-refractivity contribution >= 4 is 11.3 Å². The number of nitrogens with zero attached hydrogens (tertiary/aromatic N) is 1.